The second-order valence-corrected chi connectivity index (χ2v) is 3.19. The van der Waals surface area contributed by atoms with Crippen molar-refractivity contribution in [2.75, 3.05) is 0 Å². The number of hydrogen-bond donors (Lipinski definition) is 1. The number of aromatic hydroxyl groups is 1. The van der Waals surface area contributed by atoms with Crippen LogP contribution in [-0.2, 0) is 0 Å². The summed E-state index contributed by atoms with van der Waals surface area (Å²) in [4.78, 5) is 18.8. The van der Waals surface area contributed by atoms with Crippen LogP contribution in [0.5, 0.6) is 5.75 Å². The fourth-order valence-electron chi connectivity index (χ4n) is 0.896. The molecule has 0 amide bonds. The van der Waals surface area contributed by atoms with Gasteiger partial charge in [0.2, 0.25) is 0 Å². The quantitative estimate of drug-likeness (QED) is 0.643. The molecular weight excluding hydrogens is 251 g/mol. The van der Waals surface area contributed by atoms with Crippen molar-refractivity contribution in [2.24, 2.45) is 0 Å². The van der Waals surface area contributed by atoms with Crippen LogP contribution in [-0.4, -0.2) is 15.0 Å². The molecule has 0 saturated heterocycles. The molecule has 15 heavy (non-hydrogen) atoms. The molecule has 0 radical (unpaired) electrons. The number of halogens is 2. The molecular formula is C6H2Cl2N2O5. The molecule has 1 N–H and O–H groups in total. The lowest BCUT2D eigenvalue weighted by molar-refractivity contribution is -0.396. The van der Waals surface area contributed by atoms with E-state index in [1.807, 2.05) is 0 Å². The normalized spacial score (nSPS) is 10.0. The number of benzene rings is 1. The minimum absolute atomic E-state index is 0.368. The Labute approximate surface area is 92.1 Å². The second kappa shape index (κ2) is 3.87. The Morgan fingerprint density at radius 1 is 1.20 bits per heavy atom. The van der Waals surface area contributed by atoms with Crippen LogP contribution < -0.4 is 0 Å². The van der Waals surface area contributed by atoms with Crippen LogP contribution in [0.4, 0.5) is 11.4 Å². The summed E-state index contributed by atoms with van der Waals surface area (Å²) in [6, 6.07) is 0.742. The van der Waals surface area contributed by atoms with Crippen molar-refractivity contribution in [1.29, 1.82) is 0 Å². The summed E-state index contributed by atoms with van der Waals surface area (Å²) in [6.45, 7) is 0. The van der Waals surface area contributed by atoms with E-state index in [2.05, 4.69) is 0 Å². The molecule has 0 aliphatic rings. The van der Waals surface area contributed by atoms with Crippen LogP contribution in [0.2, 0.25) is 10.0 Å². The van der Waals surface area contributed by atoms with E-state index in [0.29, 0.717) is 0 Å². The number of nitro benzene ring substituents is 2. The van der Waals surface area contributed by atoms with E-state index in [1.165, 1.54) is 0 Å². The van der Waals surface area contributed by atoms with Gasteiger partial charge in [0.1, 0.15) is 5.02 Å². The van der Waals surface area contributed by atoms with Gasteiger partial charge in [0.05, 0.1) is 14.9 Å². The number of phenols is 1. The Hall–Kier alpha value is -1.60. The SMILES string of the molecule is O=[N+]([O-])c1cc(Cl)c(Cl)c([N+](=O)[O-])c1O. The molecule has 0 aliphatic heterocycles. The average molecular weight is 253 g/mol. The van der Waals surface area contributed by atoms with E-state index in [1.54, 1.807) is 0 Å². The summed E-state index contributed by atoms with van der Waals surface area (Å²) in [5.41, 5.74) is -1.84. The molecule has 0 aliphatic carbocycles. The maximum Gasteiger partial charge on any atom is 0.337 e. The van der Waals surface area contributed by atoms with Gasteiger partial charge in [-0.1, -0.05) is 23.2 Å². The third-order valence-electron chi connectivity index (χ3n) is 1.53. The minimum atomic E-state index is -1.11. The number of hydrogen-bond acceptors (Lipinski definition) is 5. The molecule has 0 fully saturated rings. The highest BCUT2D eigenvalue weighted by molar-refractivity contribution is 6.43. The first kappa shape index (κ1) is 11.5. The summed E-state index contributed by atoms with van der Waals surface area (Å²) in [5, 5.41) is 29.1. The topological polar surface area (TPSA) is 107 Å². The maximum atomic E-state index is 10.4. The lowest BCUT2D eigenvalue weighted by Gasteiger charge is -2.01. The number of nitrogens with zero attached hydrogens (tertiary/aromatic N) is 2. The van der Waals surface area contributed by atoms with Crippen molar-refractivity contribution in [3.8, 4) is 5.75 Å². The molecule has 1 rings (SSSR count). The maximum absolute atomic E-state index is 10.4. The predicted molar refractivity (Wildman–Crippen MR) is 51.4 cm³/mol. The highest BCUT2D eigenvalue weighted by Gasteiger charge is 2.30. The monoisotopic (exact) mass is 252 g/mol. The van der Waals surface area contributed by atoms with E-state index < -0.39 is 32.0 Å². The largest absolute Gasteiger partial charge is 0.497 e. The summed E-state index contributed by atoms with van der Waals surface area (Å²) in [7, 11) is 0. The van der Waals surface area contributed by atoms with Crippen molar-refractivity contribution in [3.05, 3.63) is 36.3 Å². The van der Waals surface area contributed by atoms with E-state index in [4.69, 9.17) is 23.2 Å². The Morgan fingerprint density at radius 3 is 2.13 bits per heavy atom. The van der Waals surface area contributed by atoms with Crippen molar-refractivity contribution in [3.63, 3.8) is 0 Å². The first-order valence-electron chi connectivity index (χ1n) is 3.36. The fraction of sp³-hybridized carbons (Fsp3) is 0. The Kier molecular flexibility index (Phi) is 2.96. The third kappa shape index (κ3) is 1.92. The van der Waals surface area contributed by atoms with Gasteiger partial charge in [-0.3, -0.25) is 20.2 Å². The lowest BCUT2D eigenvalue weighted by Crippen LogP contribution is -1.95. The van der Waals surface area contributed by atoms with Gasteiger partial charge in [-0.05, 0) is 0 Å². The zero-order valence-electron chi connectivity index (χ0n) is 6.81. The first-order chi connectivity index (χ1) is 6.86. The predicted octanol–water partition coefficient (Wildman–Crippen LogP) is 2.52. The number of nitro groups is 2. The van der Waals surface area contributed by atoms with Crippen molar-refractivity contribution in [1.82, 2.24) is 0 Å². The van der Waals surface area contributed by atoms with Crippen LogP contribution in [0, 0.1) is 20.2 Å². The van der Waals surface area contributed by atoms with Gasteiger partial charge < -0.3 is 5.11 Å². The van der Waals surface area contributed by atoms with E-state index >= 15 is 0 Å². The van der Waals surface area contributed by atoms with Gasteiger partial charge >= 0.3 is 11.4 Å². The molecule has 1 aromatic carbocycles. The molecule has 0 unspecified atom stereocenters. The summed E-state index contributed by atoms with van der Waals surface area (Å²) < 4.78 is 0. The number of rotatable bonds is 2. The van der Waals surface area contributed by atoms with Crippen molar-refractivity contribution in [2.45, 2.75) is 0 Å². The Bertz CT molecular complexity index is 461. The standard InChI is InChI=1S/C6H2Cl2N2O5/c7-2-1-3(9(12)13)6(11)5(4(2)8)10(14)15/h1,11H. The summed E-state index contributed by atoms with van der Waals surface area (Å²) in [5.74, 6) is -1.11. The summed E-state index contributed by atoms with van der Waals surface area (Å²) >= 11 is 10.8. The van der Waals surface area contributed by atoms with E-state index in [0.717, 1.165) is 6.07 Å². The molecule has 7 nitrogen and oxygen atoms in total. The van der Waals surface area contributed by atoms with E-state index in [9.17, 15) is 25.3 Å². The highest BCUT2D eigenvalue weighted by atomic mass is 35.5. The zero-order chi connectivity index (χ0) is 11.7. The number of phenolic OH excluding ortho intramolecular Hbond substituents is 1. The summed E-state index contributed by atoms with van der Waals surface area (Å²) in [6.07, 6.45) is 0. The molecule has 0 aromatic heterocycles. The van der Waals surface area contributed by atoms with Gasteiger partial charge in [-0.2, -0.15) is 0 Å². The van der Waals surface area contributed by atoms with Gasteiger partial charge in [-0.15, -0.1) is 0 Å². The van der Waals surface area contributed by atoms with Crippen LogP contribution in [0.25, 0.3) is 0 Å². The van der Waals surface area contributed by atoms with Crippen LogP contribution in [0.3, 0.4) is 0 Å². The smallest absolute Gasteiger partial charge is 0.337 e. The second-order valence-electron chi connectivity index (χ2n) is 2.40. The first-order valence-corrected chi connectivity index (χ1v) is 4.11. The van der Waals surface area contributed by atoms with Crippen LogP contribution in [0.1, 0.15) is 0 Å². The third-order valence-corrected chi connectivity index (χ3v) is 2.30. The Morgan fingerprint density at radius 2 is 1.73 bits per heavy atom. The molecule has 1 aromatic rings. The molecule has 80 valence electrons. The Balaban J connectivity index is 3.63. The van der Waals surface area contributed by atoms with Gasteiger partial charge in [-0.25, -0.2) is 0 Å². The molecule has 0 heterocycles. The van der Waals surface area contributed by atoms with Crippen LogP contribution in [0.15, 0.2) is 6.07 Å². The van der Waals surface area contributed by atoms with Crippen molar-refractivity contribution >= 4 is 34.6 Å². The van der Waals surface area contributed by atoms with Gasteiger partial charge in [0, 0.05) is 6.07 Å². The van der Waals surface area contributed by atoms with Gasteiger partial charge in [0.25, 0.3) is 5.75 Å². The van der Waals surface area contributed by atoms with Gasteiger partial charge in [0.15, 0.2) is 0 Å². The molecule has 0 saturated carbocycles. The van der Waals surface area contributed by atoms with Crippen molar-refractivity contribution < 1.29 is 15.0 Å². The molecule has 0 atom stereocenters. The zero-order valence-corrected chi connectivity index (χ0v) is 8.32. The molecule has 0 spiro atoms. The van der Waals surface area contributed by atoms with E-state index in [-0.39, 0.29) is 5.02 Å². The highest BCUT2D eigenvalue weighted by Crippen LogP contribution is 2.44. The van der Waals surface area contributed by atoms with Crippen LogP contribution >= 0.6 is 23.2 Å². The lowest BCUT2D eigenvalue weighted by atomic mass is 10.2. The molecule has 0 bridgehead atoms. The molecule has 9 heteroatoms. The fourth-order valence-corrected chi connectivity index (χ4v) is 1.30. The minimum Gasteiger partial charge on any atom is -0.497 e. The average Bonchev–Trinajstić information content (AvgIpc) is 2.10.